The van der Waals surface area contributed by atoms with Crippen LogP contribution in [0.25, 0.3) is 10.6 Å². The lowest BCUT2D eigenvalue weighted by molar-refractivity contribution is 0.109. The molecular weight excluding hydrogens is 269 g/mol. The van der Waals surface area contributed by atoms with E-state index in [0.717, 1.165) is 11.3 Å². The van der Waals surface area contributed by atoms with Gasteiger partial charge in [0.25, 0.3) is 0 Å². The molecule has 0 bridgehead atoms. The van der Waals surface area contributed by atoms with Crippen LogP contribution in [-0.4, -0.2) is 10.1 Å². The van der Waals surface area contributed by atoms with Crippen molar-refractivity contribution in [1.29, 1.82) is 0 Å². The molecule has 0 aliphatic heterocycles. The Morgan fingerprint density at radius 2 is 2.19 bits per heavy atom. The Morgan fingerprint density at radius 1 is 1.44 bits per heavy atom. The molecule has 0 spiro atoms. The van der Waals surface area contributed by atoms with Crippen LogP contribution in [0.5, 0.6) is 0 Å². The third kappa shape index (κ3) is 2.42. The Hall–Kier alpha value is -0.910. The van der Waals surface area contributed by atoms with Gasteiger partial charge in [-0.15, -0.1) is 11.3 Å². The number of hydrogen-bond acceptors (Lipinski definition) is 3. The summed E-state index contributed by atoms with van der Waals surface area (Å²) in [5.41, 5.74) is 0.552. The maximum atomic E-state index is 13.1. The van der Waals surface area contributed by atoms with Crippen LogP contribution >= 0.6 is 35.6 Å². The van der Waals surface area contributed by atoms with Crippen molar-refractivity contribution in [3.05, 3.63) is 40.1 Å². The number of carbonyl (C=O) groups is 1. The van der Waals surface area contributed by atoms with Crippen LogP contribution in [0.4, 0.5) is 4.39 Å². The van der Waals surface area contributed by atoms with Gasteiger partial charge in [-0.05, 0) is 18.2 Å². The van der Waals surface area contributed by atoms with Crippen molar-refractivity contribution in [2.45, 2.75) is 0 Å². The van der Waals surface area contributed by atoms with E-state index in [-0.39, 0.29) is 5.12 Å². The standard InChI is InChI=1S/C10H5ClFNOS2/c11-6-1-5(2-7(12)3-6)9-13-4-8(16-9)10(14)15/h1-4H,(H,14,15). The molecular formula is C10H5ClFNOS2. The van der Waals surface area contributed by atoms with Crippen molar-refractivity contribution in [3.63, 3.8) is 0 Å². The summed E-state index contributed by atoms with van der Waals surface area (Å²) in [5.74, 6) is -0.434. The average molecular weight is 274 g/mol. The average Bonchev–Trinajstić information content (AvgIpc) is 2.64. The first-order valence-corrected chi connectivity index (χ1v) is 5.86. The molecule has 0 aliphatic rings. The number of rotatable bonds is 2. The summed E-state index contributed by atoms with van der Waals surface area (Å²) >= 11 is 10.6. The molecule has 0 radical (unpaired) electrons. The van der Waals surface area contributed by atoms with Crippen molar-refractivity contribution in [2.24, 2.45) is 0 Å². The molecule has 82 valence electrons. The Kier molecular flexibility index (Phi) is 3.28. The van der Waals surface area contributed by atoms with Gasteiger partial charge in [-0.25, -0.2) is 9.37 Å². The highest BCUT2D eigenvalue weighted by Gasteiger charge is 2.10. The SMILES string of the molecule is O=C(S)c1cnc(-c2cc(F)cc(Cl)c2)s1. The van der Waals surface area contributed by atoms with Crippen LogP contribution in [0.3, 0.4) is 0 Å². The summed E-state index contributed by atoms with van der Waals surface area (Å²) in [4.78, 5) is 15.4. The lowest BCUT2D eigenvalue weighted by Gasteiger charge is -1.97. The molecule has 1 aromatic heterocycles. The largest absolute Gasteiger partial charge is 0.281 e. The fraction of sp³-hybridized carbons (Fsp3) is 0. The Morgan fingerprint density at radius 3 is 2.75 bits per heavy atom. The number of thiol groups is 1. The van der Waals surface area contributed by atoms with E-state index in [0.29, 0.717) is 20.5 Å². The van der Waals surface area contributed by atoms with E-state index < -0.39 is 5.82 Å². The van der Waals surface area contributed by atoms with Gasteiger partial charge in [0.1, 0.15) is 15.7 Å². The van der Waals surface area contributed by atoms with Crippen LogP contribution in [0.1, 0.15) is 9.67 Å². The van der Waals surface area contributed by atoms with Crippen LogP contribution in [0.2, 0.25) is 5.02 Å². The molecule has 0 saturated carbocycles. The first kappa shape index (κ1) is 11.6. The molecule has 0 unspecified atom stereocenters. The van der Waals surface area contributed by atoms with Crippen molar-refractivity contribution in [2.75, 3.05) is 0 Å². The Balaban J connectivity index is 2.46. The normalized spacial score (nSPS) is 10.4. The minimum atomic E-state index is -0.434. The third-order valence-electron chi connectivity index (χ3n) is 1.83. The first-order chi connectivity index (χ1) is 7.56. The molecule has 0 atom stereocenters. The fourth-order valence-electron chi connectivity index (χ4n) is 1.18. The second-order valence-electron chi connectivity index (χ2n) is 2.99. The first-order valence-electron chi connectivity index (χ1n) is 4.22. The van der Waals surface area contributed by atoms with Gasteiger partial charge in [0.05, 0.1) is 6.20 Å². The van der Waals surface area contributed by atoms with Crippen molar-refractivity contribution >= 4 is 40.7 Å². The predicted octanol–water partition coefficient (Wildman–Crippen LogP) is 3.67. The minimum Gasteiger partial charge on any atom is -0.281 e. The molecule has 0 amide bonds. The summed E-state index contributed by atoms with van der Waals surface area (Å²) < 4.78 is 13.1. The van der Waals surface area contributed by atoms with Crippen molar-refractivity contribution < 1.29 is 9.18 Å². The molecule has 6 heteroatoms. The second-order valence-corrected chi connectivity index (χ2v) is 4.87. The molecule has 2 aromatic rings. The lowest BCUT2D eigenvalue weighted by atomic mass is 10.2. The van der Waals surface area contributed by atoms with Crippen LogP contribution in [-0.2, 0) is 0 Å². The van der Waals surface area contributed by atoms with E-state index in [9.17, 15) is 9.18 Å². The number of thiazole rings is 1. The summed E-state index contributed by atoms with van der Waals surface area (Å²) in [6.07, 6.45) is 1.41. The molecule has 0 saturated heterocycles. The monoisotopic (exact) mass is 273 g/mol. The van der Waals surface area contributed by atoms with Gasteiger partial charge >= 0.3 is 0 Å². The van der Waals surface area contributed by atoms with E-state index in [1.807, 2.05) is 0 Å². The highest BCUT2D eigenvalue weighted by atomic mass is 35.5. The zero-order chi connectivity index (χ0) is 11.7. The number of nitrogens with zero attached hydrogens (tertiary/aromatic N) is 1. The summed E-state index contributed by atoms with van der Waals surface area (Å²) in [6, 6.07) is 4.12. The van der Waals surface area contributed by atoms with Crippen LogP contribution in [0, 0.1) is 5.82 Å². The second kappa shape index (κ2) is 4.53. The highest BCUT2D eigenvalue weighted by Crippen LogP contribution is 2.28. The molecule has 1 aromatic carbocycles. The third-order valence-corrected chi connectivity index (χ3v) is 3.48. The molecule has 2 rings (SSSR count). The molecule has 0 N–H and O–H groups in total. The molecule has 0 fully saturated rings. The van der Waals surface area contributed by atoms with E-state index in [2.05, 4.69) is 17.6 Å². The number of hydrogen-bond donors (Lipinski definition) is 1. The van der Waals surface area contributed by atoms with Gasteiger partial charge in [0.15, 0.2) is 0 Å². The topological polar surface area (TPSA) is 30.0 Å². The lowest BCUT2D eigenvalue weighted by Crippen LogP contribution is -1.79. The highest BCUT2D eigenvalue weighted by molar-refractivity contribution is 7.97. The van der Waals surface area contributed by atoms with Gasteiger partial charge in [0, 0.05) is 10.6 Å². The zero-order valence-electron chi connectivity index (χ0n) is 7.78. The van der Waals surface area contributed by atoms with E-state index >= 15 is 0 Å². The zero-order valence-corrected chi connectivity index (χ0v) is 10.2. The number of halogens is 2. The maximum Gasteiger partial charge on any atom is 0.227 e. The van der Waals surface area contributed by atoms with Gasteiger partial charge < -0.3 is 0 Å². The van der Waals surface area contributed by atoms with Gasteiger partial charge in [-0.2, -0.15) is 0 Å². The molecule has 0 aliphatic carbocycles. The molecule has 2 nitrogen and oxygen atoms in total. The Labute approximate surface area is 105 Å². The maximum absolute atomic E-state index is 13.1. The number of benzene rings is 1. The summed E-state index contributed by atoms with van der Waals surface area (Å²) in [7, 11) is 0. The van der Waals surface area contributed by atoms with Gasteiger partial charge in [-0.1, -0.05) is 24.2 Å². The predicted molar refractivity (Wildman–Crippen MR) is 65.8 cm³/mol. The number of aromatic nitrogens is 1. The molecule has 1 heterocycles. The Bertz CT molecular complexity index is 535. The van der Waals surface area contributed by atoms with Crippen LogP contribution < -0.4 is 0 Å². The van der Waals surface area contributed by atoms with E-state index in [1.165, 1.54) is 18.3 Å². The van der Waals surface area contributed by atoms with Crippen LogP contribution in [0.15, 0.2) is 24.4 Å². The summed E-state index contributed by atoms with van der Waals surface area (Å²) in [6.45, 7) is 0. The minimum absolute atomic E-state index is 0.295. The van der Waals surface area contributed by atoms with Gasteiger partial charge in [-0.3, -0.25) is 4.79 Å². The number of carbonyl (C=O) groups excluding carboxylic acids is 1. The van der Waals surface area contributed by atoms with E-state index in [1.54, 1.807) is 6.07 Å². The van der Waals surface area contributed by atoms with E-state index in [4.69, 9.17) is 11.6 Å². The fourth-order valence-corrected chi connectivity index (χ4v) is 2.34. The molecule has 16 heavy (non-hydrogen) atoms. The quantitative estimate of drug-likeness (QED) is 0.846. The van der Waals surface area contributed by atoms with Gasteiger partial charge in [0.2, 0.25) is 5.12 Å². The summed E-state index contributed by atoms with van der Waals surface area (Å²) in [5, 5.41) is 0.481. The smallest absolute Gasteiger partial charge is 0.227 e. The van der Waals surface area contributed by atoms with Crippen molar-refractivity contribution in [3.8, 4) is 10.6 Å². The van der Waals surface area contributed by atoms with Crippen molar-refractivity contribution in [1.82, 2.24) is 4.98 Å².